The number of hydrogen-bond donors (Lipinski definition) is 0. The first kappa shape index (κ1) is 13.9. The molecule has 7 heteroatoms. The van der Waals surface area contributed by atoms with E-state index in [1.807, 2.05) is 13.1 Å². The number of fused-ring (bicyclic) bond motifs is 1. The van der Waals surface area contributed by atoms with Gasteiger partial charge in [0.25, 0.3) is 11.7 Å². The number of benzene rings is 1. The molecule has 1 aromatic carbocycles. The molecule has 0 saturated carbocycles. The van der Waals surface area contributed by atoms with Gasteiger partial charge >= 0.3 is 0 Å². The predicted molar refractivity (Wildman–Crippen MR) is 77.5 cm³/mol. The molecule has 0 unspecified atom stereocenters. The van der Waals surface area contributed by atoms with Crippen molar-refractivity contribution in [2.75, 3.05) is 4.90 Å². The average molecular weight is 352 g/mol. The third-order valence-electron chi connectivity index (χ3n) is 3.33. The van der Waals surface area contributed by atoms with Crippen molar-refractivity contribution >= 4 is 33.3 Å². The third kappa shape index (κ3) is 2.27. The van der Waals surface area contributed by atoms with Gasteiger partial charge in [0.2, 0.25) is 0 Å². The highest BCUT2D eigenvalue weighted by Crippen LogP contribution is 2.37. The summed E-state index contributed by atoms with van der Waals surface area (Å²) >= 11 is 3.22. The summed E-state index contributed by atoms with van der Waals surface area (Å²) in [7, 11) is 0. The van der Waals surface area contributed by atoms with E-state index in [9.17, 15) is 14.0 Å². The van der Waals surface area contributed by atoms with Crippen LogP contribution in [0.15, 0.2) is 29.0 Å². The van der Waals surface area contributed by atoms with Gasteiger partial charge in [-0.25, -0.2) is 4.39 Å². The lowest BCUT2D eigenvalue weighted by Crippen LogP contribution is -2.29. The van der Waals surface area contributed by atoms with Crippen LogP contribution in [0.25, 0.3) is 0 Å². The van der Waals surface area contributed by atoms with Crippen molar-refractivity contribution in [2.24, 2.45) is 0 Å². The van der Waals surface area contributed by atoms with Gasteiger partial charge in [-0.15, -0.1) is 0 Å². The number of aryl methyl sites for hydroxylation is 1. The van der Waals surface area contributed by atoms with Gasteiger partial charge in [-0.1, -0.05) is 0 Å². The molecular formula is C14H11BrFN3O2. The molecule has 1 aliphatic heterocycles. The van der Waals surface area contributed by atoms with Crippen molar-refractivity contribution in [2.45, 2.75) is 20.0 Å². The number of halogens is 2. The zero-order chi connectivity index (χ0) is 15.1. The largest absolute Gasteiger partial charge is 0.299 e. The molecule has 2 heterocycles. The smallest absolute Gasteiger partial charge is 0.299 e. The summed E-state index contributed by atoms with van der Waals surface area (Å²) in [6, 6.07) is 2.34. The highest BCUT2D eigenvalue weighted by Gasteiger charge is 2.38. The number of hydrogen-bond acceptors (Lipinski definition) is 3. The molecular weight excluding hydrogens is 341 g/mol. The van der Waals surface area contributed by atoms with Crippen LogP contribution in [0.4, 0.5) is 10.1 Å². The second-order valence-electron chi connectivity index (χ2n) is 4.71. The monoisotopic (exact) mass is 351 g/mol. The predicted octanol–water partition coefficient (Wildman–Crippen LogP) is 2.53. The van der Waals surface area contributed by atoms with Crippen molar-refractivity contribution in [1.29, 1.82) is 0 Å². The van der Waals surface area contributed by atoms with Crippen molar-refractivity contribution in [3.05, 3.63) is 45.9 Å². The fourth-order valence-corrected chi connectivity index (χ4v) is 2.99. The van der Waals surface area contributed by atoms with Gasteiger partial charge in [0, 0.05) is 22.8 Å². The number of anilines is 1. The molecule has 0 radical (unpaired) electrons. The lowest BCUT2D eigenvalue weighted by Gasteiger charge is -2.16. The lowest BCUT2D eigenvalue weighted by atomic mass is 10.1. The second kappa shape index (κ2) is 5.07. The van der Waals surface area contributed by atoms with Crippen LogP contribution in [-0.4, -0.2) is 21.5 Å². The summed E-state index contributed by atoms with van der Waals surface area (Å²) in [5.41, 5.74) is 1.31. The molecule has 0 saturated heterocycles. The van der Waals surface area contributed by atoms with Crippen LogP contribution in [0.5, 0.6) is 0 Å². The molecule has 0 atom stereocenters. The lowest BCUT2D eigenvalue weighted by molar-refractivity contribution is -0.114. The third-order valence-corrected chi connectivity index (χ3v) is 3.94. The summed E-state index contributed by atoms with van der Waals surface area (Å²) in [6.45, 7) is 2.90. The number of aromatic nitrogens is 2. The van der Waals surface area contributed by atoms with Crippen LogP contribution >= 0.6 is 15.9 Å². The van der Waals surface area contributed by atoms with Crippen LogP contribution in [0, 0.1) is 5.82 Å². The Kier molecular flexibility index (Phi) is 3.36. The van der Waals surface area contributed by atoms with E-state index in [4.69, 9.17) is 0 Å². The van der Waals surface area contributed by atoms with Crippen LogP contribution < -0.4 is 4.90 Å². The molecule has 21 heavy (non-hydrogen) atoms. The first-order valence-electron chi connectivity index (χ1n) is 6.37. The van der Waals surface area contributed by atoms with E-state index in [1.165, 1.54) is 11.0 Å². The topological polar surface area (TPSA) is 55.2 Å². The SMILES string of the molecule is CCn1cc(CN2C(=O)C(=O)c3cc(F)cc(Br)c32)cn1. The molecule has 3 rings (SSSR count). The average Bonchev–Trinajstić information content (AvgIpc) is 2.98. The van der Waals surface area contributed by atoms with Crippen LogP contribution in [-0.2, 0) is 17.9 Å². The Morgan fingerprint density at radius 1 is 1.33 bits per heavy atom. The highest BCUT2D eigenvalue weighted by molar-refractivity contribution is 9.10. The molecule has 0 bridgehead atoms. The molecule has 0 spiro atoms. The van der Waals surface area contributed by atoms with Crippen molar-refractivity contribution in [3.63, 3.8) is 0 Å². The summed E-state index contributed by atoms with van der Waals surface area (Å²) in [4.78, 5) is 25.4. The maximum absolute atomic E-state index is 13.4. The number of Topliss-reactive ketones (excluding diaryl/α,β-unsaturated/α-hetero) is 1. The highest BCUT2D eigenvalue weighted by atomic mass is 79.9. The fourth-order valence-electron chi connectivity index (χ4n) is 2.35. The van der Waals surface area contributed by atoms with E-state index < -0.39 is 17.5 Å². The molecule has 1 aromatic heterocycles. The maximum Gasteiger partial charge on any atom is 0.299 e. The second-order valence-corrected chi connectivity index (χ2v) is 5.56. The maximum atomic E-state index is 13.4. The minimum absolute atomic E-state index is 0.0924. The minimum Gasteiger partial charge on any atom is -0.299 e. The van der Waals surface area contributed by atoms with E-state index in [1.54, 1.807) is 10.9 Å². The van der Waals surface area contributed by atoms with E-state index in [-0.39, 0.29) is 12.1 Å². The van der Waals surface area contributed by atoms with Gasteiger partial charge in [0.15, 0.2) is 0 Å². The molecule has 0 aliphatic carbocycles. The molecule has 2 aromatic rings. The van der Waals surface area contributed by atoms with Gasteiger partial charge in [-0.2, -0.15) is 5.10 Å². The summed E-state index contributed by atoms with van der Waals surface area (Å²) in [6.07, 6.45) is 3.46. The van der Waals surface area contributed by atoms with Crippen LogP contribution in [0.1, 0.15) is 22.8 Å². The quantitative estimate of drug-likeness (QED) is 0.798. The molecule has 108 valence electrons. The number of nitrogens with zero attached hydrogens (tertiary/aromatic N) is 3. The van der Waals surface area contributed by atoms with Gasteiger partial charge < -0.3 is 0 Å². The van der Waals surface area contributed by atoms with E-state index in [2.05, 4.69) is 21.0 Å². The Morgan fingerprint density at radius 2 is 2.10 bits per heavy atom. The Bertz CT molecular complexity index is 757. The number of carbonyl (C=O) groups excluding carboxylic acids is 2. The molecule has 0 N–H and O–H groups in total. The van der Waals surface area contributed by atoms with Gasteiger partial charge in [0.05, 0.1) is 24.0 Å². The van der Waals surface area contributed by atoms with Crippen molar-refractivity contribution in [1.82, 2.24) is 9.78 Å². The fraction of sp³-hybridized carbons (Fsp3) is 0.214. The number of carbonyl (C=O) groups is 2. The van der Waals surface area contributed by atoms with Crippen LogP contribution in [0.3, 0.4) is 0 Å². The van der Waals surface area contributed by atoms with Crippen molar-refractivity contribution < 1.29 is 14.0 Å². The standard InChI is InChI=1S/C14H11BrFN3O2/c1-2-18-6-8(5-17-18)7-19-12-10(13(20)14(19)21)3-9(16)4-11(12)15/h3-6H,2,7H2,1H3. The van der Waals surface area contributed by atoms with E-state index >= 15 is 0 Å². The van der Waals surface area contributed by atoms with E-state index in [0.29, 0.717) is 10.2 Å². The summed E-state index contributed by atoms with van der Waals surface area (Å²) in [5, 5.41) is 4.14. The normalized spacial score (nSPS) is 14.0. The van der Waals surface area contributed by atoms with Crippen LogP contribution in [0.2, 0.25) is 0 Å². The Hall–Kier alpha value is -2.02. The zero-order valence-electron chi connectivity index (χ0n) is 11.1. The molecule has 1 amide bonds. The Balaban J connectivity index is 2.01. The van der Waals surface area contributed by atoms with Gasteiger partial charge in [0.1, 0.15) is 5.82 Å². The zero-order valence-corrected chi connectivity index (χ0v) is 12.7. The molecule has 1 aliphatic rings. The first-order valence-corrected chi connectivity index (χ1v) is 7.17. The first-order chi connectivity index (χ1) is 10.0. The summed E-state index contributed by atoms with van der Waals surface area (Å²) < 4.78 is 15.5. The Morgan fingerprint density at radius 3 is 2.76 bits per heavy atom. The molecule has 0 fully saturated rings. The van der Waals surface area contributed by atoms with Gasteiger partial charge in [-0.05, 0) is 35.0 Å². The molecule has 5 nitrogen and oxygen atoms in total. The summed E-state index contributed by atoms with van der Waals surface area (Å²) in [5.74, 6) is -1.89. The minimum atomic E-state index is -0.687. The van der Waals surface area contributed by atoms with Gasteiger partial charge in [-0.3, -0.25) is 19.2 Å². The number of amides is 1. The van der Waals surface area contributed by atoms with Crippen molar-refractivity contribution in [3.8, 4) is 0 Å². The Labute approximate surface area is 128 Å². The number of ketones is 1. The number of rotatable bonds is 3. The van der Waals surface area contributed by atoms with E-state index in [0.717, 1.165) is 18.2 Å².